The van der Waals surface area contributed by atoms with E-state index in [9.17, 15) is 9.59 Å². The minimum atomic E-state index is -0.748. The molecule has 160 valence electrons. The van der Waals surface area contributed by atoms with Gasteiger partial charge in [-0.2, -0.15) is 0 Å². The summed E-state index contributed by atoms with van der Waals surface area (Å²) < 4.78 is 17.5. The van der Waals surface area contributed by atoms with Gasteiger partial charge < -0.3 is 19.0 Å². The molecule has 1 heterocycles. The Kier molecular flexibility index (Phi) is 5.24. The molecule has 0 unspecified atom stereocenters. The van der Waals surface area contributed by atoms with E-state index in [2.05, 4.69) is 6.07 Å². The van der Waals surface area contributed by atoms with Crippen LogP contribution >= 0.6 is 0 Å². The predicted octanol–water partition coefficient (Wildman–Crippen LogP) is 4.60. The Morgan fingerprint density at radius 1 is 1.06 bits per heavy atom. The van der Waals surface area contributed by atoms with Crippen LogP contribution in [0.5, 0.6) is 5.75 Å². The van der Waals surface area contributed by atoms with Crippen molar-refractivity contribution in [2.75, 3.05) is 13.2 Å². The molecular formula is C25H24O6. The highest BCUT2D eigenvalue weighted by Gasteiger charge is 2.35. The van der Waals surface area contributed by atoms with Crippen molar-refractivity contribution in [3.63, 3.8) is 0 Å². The maximum atomic E-state index is 12.6. The molecule has 2 aromatic carbocycles. The van der Waals surface area contributed by atoms with E-state index < -0.39 is 5.97 Å². The molecule has 0 radical (unpaired) electrons. The number of benzene rings is 2. The van der Waals surface area contributed by atoms with E-state index in [0.717, 1.165) is 24.0 Å². The number of carbonyl (C=O) groups is 1. The number of carboxylic acid groups (broad SMARTS) is 1. The van der Waals surface area contributed by atoms with Crippen LogP contribution in [0.15, 0.2) is 57.7 Å². The van der Waals surface area contributed by atoms with Crippen LogP contribution in [0.3, 0.4) is 0 Å². The summed E-state index contributed by atoms with van der Waals surface area (Å²) in [7, 11) is 0. The van der Waals surface area contributed by atoms with Crippen molar-refractivity contribution in [1.82, 2.24) is 0 Å². The molecule has 1 aromatic heterocycles. The van der Waals surface area contributed by atoms with Gasteiger partial charge in [0.15, 0.2) is 5.43 Å². The first kappa shape index (κ1) is 19.8. The molecule has 5 rings (SSSR count). The van der Waals surface area contributed by atoms with Crippen LogP contribution in [0.1, 0.15) is 37.2 Å². The fourth-order valence-corrected chi connectivity index (χ4v) is 4.05. The quantitative estimate of drug-likeness (QED) is 0.536. The molecule has 0 aliphatic heterocycles. The summed E-state index contributed by atoms with van der Waals surface area (Å²) in [5, 5.41) is 9.51. The third-order valence-electron chi connectivity index (χ3n) is 6.09. The fraction of sp³-hybridized carbons (Fsp3) is 0.360. The molecule has 31 heavy (non-hydrogen) atoms. The van der Waals surface area contributed by atoms with Gasteiger partial charge in [-0.05, 0) is 67.5 Å². The zero-order chi connectivity index (χ0) is 21.4. The zero-order valence-corrected chi connectivity index (χ0v) is 17.1. The first-order valence-electron chi connectivity index (χ1n) is 10.7. The molecule has 6 nitrogen and oxygen atoms in total. The summed E-state index contributed by atoms with van der Waals surface area (Å²) >= 11 is 0. The Balaban J connectivity index is 1.22. The minimum absolute atomic E-state index is 0.0170. The van der Waals surface area contributed by atoms with Gasteiger partial charge in [0.1, 0.15) is 23.7 Å². The standard InChI is InChI=1S/C25H24O6/c26-22-14-23(31-24-20(15-4-5-15)2-1-3-21(22)24)16-6-8-18(9-7-16)29-10-11-30-19-12-17(13-19)25(27)28/h1-3,6-9,14-15,17,19H,4-5,10-13H2,(H,27,28)/t17-,19+. The molecule has 2 aliphatic carbocycles. The lowest BCUT2D eigenvalue weighted by Crippen LogP contribution is -2.36. The third-order valence-corrected chi connectivity index (χ3v) is 6.09. The van der Waals surface area contributed by atoms with Gasteiger partial charge in [0.25, 0.3) is 0 Å². The highest BCUT2D eigenvalue weighted by molar-refractivity contribution is 5.82. The molecule has 0 amide bonds. The Hall–Kier alpha value is -3.12. The van der Waals surface area contributed by atoms with Crippen LogP contribution in [0, 0.1) is 5.92 Å². The number of aliphatic carboxylic acids is 1. The summed E-state index contributed by atoms with van der Waals surface area (Å²) in [6.45, 7) is 0.811. The molecule has 0 saturated heterocycles. The monoisotopic (exact) mass is 420 g/mol. The SMILES string of the molecule is O=c1cc(-c2ccc(OCCO[C@H]3C[C@@H](C(=O)O)C3)cc2)oc2c(C3CC3)cccc12. The topological polar surface area (TPSA) is 86.0 Å². The molecule has 1 N–H and O–H groups in total. The lowest BCUT2D eigenvalue weighted by Gasteiger charge is -2.31. The first-order chi connectivity index (χ1) is 15.1. The minimum Gasteiger partial charge on any atom is -0.491 e. The van der Waals surface area contributed by atoms with E-state index >= 15 is 0 Å². The molecule has 2 aliphatic rings. The van der Waals surface area contributed by atoms with Gasteiger partial charge in [0.05, 0.1) is 24.0 Å². The van der Waals surface area contributed by atoms with Gasteiger partial charge in [-0.3, -0.25) is 9.59 Å². The summed E-state index contributed by atoms with van der Waals surface area (Å²) in [6, 6.07) is 14.8. The van der Waals surface area contributed by atoms with E-state index in [1.807, 2.05) is 36.4 Å². The number of ether oxygens (including phenoxy) is 2. The molecule has 3 aromatic rings. The van der Waals surface area contributed by atoms with E-state index in [0.29, 0.717) is 54.5 Å². The van der Waals surface area contributed by atoms with Crippen LogP contribution in [0.25, 0.3) is 22.3 Å². The summed E-state index contributed by atoms with van der Waals surface area (Å²) in [5.74, 6) is 0.732. The predicted molar refractivity (Wildman–Crippen MR) is 115 cm³/mol. The van der Waals surface area contributed by atoms with Crippen molar-refractivity contribution >= 4 is 16.9 Å². The normalized spacial score (nSPS) is 20.4. The van der Waals surface area contributed by atoms with Gasteiger partial charge in [-0.15, -0.1) is 0 Å². The van der Waals surface area contributed by atoms with Gasteiger partial charge in [-0.25, -0.2) is 0 Å². The second-order valence-electron chi connectivity index (χ2n) is 8.35. The number of hydrogen-bond acceptors (Lipinski definition) is 5. The van der Waals surface area contributed by atoms with Gasteiger partial charge >= 0.3 is 5.97 Å². The Morgan fingerprint density at radius 3 is 2.55 bits per heavy atom. The molecular weight excluding hydrogens is 396 g/mol. The van der Waals surface area contributed by atoms with Crippen molar-refractivity contribution in [2.45, 2.75) is 37.7 Å². The van der Waals surface area contributed by atoms with Gasteiger partial charge in [0, 0.05) is 11.6 Å². The Morgan fingerprint density at radius 2 is 1.84 bits per heavy atom. The largest absolute Gasteiger partial charge is 0.491 e. The van der Waals surface area contributed by atoms with Crippen LogP contribution in [-0.2, 0) is 9.53 Å². The van der Waals surface area contributed by atoms with E-state index in [-0.39, 0.29) is 17.5 Å². The average molecular weight is 420 g/mol. The van der Waals surface area contributed by atoms with Crippen molar-refractivity contribution in [3.8, 4) is 17.1 Å². The van der Waals surface area contributed by atoms with E-state index in [1.54, 1.807) is 6.07 Å². The first-order valence-corrected chi connectivity index (χ1v) is 10.7. The lowest BCUT2D eigenvalue weighted by atomic mass is 9.82. The summed E-state index contributed by atoms with van der Waals surface area (Å²) in [4.78, 5) is 23.4. The van der Waals surface area contributed by atoms with Crippen LogP contribution in [0.4, 0.5) is 0 Å². The lowest BCUT2D eigenvalue weighted by molar-refractivity contribution is -0.151. The maximum Gasteiger partial charge on any atom is 0.306 e. The Labute approximate surface area is 179 Å². The van der Waals surface area contributed by atoms with Crippen molar-refractivity contribution in [2.24, 2.45) is 5.92 Å². The average Bonchev–Trinajstić information content (AvgIpc) is 3.57. The molecule has 2 fully saturated rings. The molecule has 2 saturated carbocycles. The van der Waals surface area contributed by atoms with Crippen molar-refractivity contribution in [3.05, 3.63) is 64.3 Å². The van der Waals surface area contributed by atoms with Crippen molar-refractivity contribution in [1.29, 1.82) is 0 Å². The third kappa shape index (κ3) is 4.21. The van der Waals surface area contributed by atoms with Crippen LogP contribution < -0.4 is 10.2 Å². The second-order valence-corrected chi connectivity index (χ2v) is 8.35. The zero-order valence-electron chi connectivity index (χ0n) is 17.1. The van der Waals surface area contributed by atoms with Gasteiger partial charge in [-0.1, -0.05) is 12.1 Å². The highest BCUT2D eigenvalue weighted by atomic mass is 16.5. The van der Waals surface area contributed by atoms with Crippen molar-refractivity contribution < 1.29 is 23.8 Å². The number of rotatable bonds is 8. The highest BCUT2D eigenvalue weighted by Crippen LogP contribution is 2.43. The van der Waals surface area contributed by atoms with E-state index in [4.69, 9.17) is 19.0 Å². The summed E-state index contributed by atoms with van der Waals surface area (Å²) in [6.07, 6.45) is 3.45. The fourth-order valence-electron chi connectivity index (χ4n) is 4.05. The van der Waals surface area contributed by atoms with Gasteiger partial charge in [0.2, 0.25) is 0 Å². The van der Waals surface area contributed by atoms with Crippen LogP contribution in [0.2, 0.25) is 0 Å². The molecule has 0 spiro atoms. The number of fused-ring (bicyclic) bond motifs is 1. The Bertz CT molecular complexity index is 1150. The maximum absolute atomic E-state index is 12.6. The van der Waals surface area contributed by atoms with Crippen LogP contribution in [-0.4, -0.2) is 30.4 Å². The number of hydrogen-bond donors (Lipinski definition) is 1. The smallest absolute Gasteiger partial charge is 0.306 e. The number of para-hydroxylation sites is 1. The molecule has 0 atom stereocenters. The number of carboxylic acids is 1. The van der Waals surface area contributed by atoms with E-state index in [1.165, 1.54) is 0 Å². The summed E-state index contributed by atoms with van der Waals surface area (Å²) in [5.41, 5.74) is 2.61. The molecule has 6 heteroatoms. The molecule has 0 bridgehead atoms. The second kappa shape index (κ2) is 8.19.